The van der Waals surface area contributed by atoms with E-state index < -0.39 is 17.4 Å². The Morgan fingerprint density at radius 1 is 1.37 bits per heavy atom. The van der Waals surface area contributed by atoms with Crippen LogP contribution in [-0.4, -0.2) is 22.5 Å². The molecule has 0 saturated heterocycles. The third-order valence-corrected chi connectivity index (χ3v) is 3.89. The third kappa shape index (κ3) is 3.26. The van der Waals surface area contributed by atoms with Crippen LogP contribution in [0.1, 0.15) is 37.0 Å². The van der Waals surface area contributed by atoms with Crippen molar-refractivity contribution in [2.45, 2.75) is 32.2 Å². The van der Waals surface area contributed by atoms with Crippen LogP contribution in [0, 0.1) is 0 Å². The molecule has 1 amide bonds. The topological polar surface area (TPSA) is 92.4 Å². The zero-order valence-corrected chi connectivity index (χ0v) is 12.5. The predicted octanol–water partition coefficient (Wildman–Crippen LogP) is 2.60. The molecule has 0 aliphatic rings. The number of carboxylic acid groups (broad SMARTS) is 1. The monoisotopic (exact) mass is 328 g/mol. The Morgan fingerprint density at radius 3 is 2.32 bits per heavy atom. The quantitative estimate of drug-likeness (QED) is 0.748. The van der Waals surface area contributed by atoms with E-state index in [2.05, 4.69) is 21.2 Å². The first kappa shape index (κ1) is 15.5. The van der Waals surface area contributed by atoms with Gasteiger partial charge in [-0.1, -0.05) is 13.8 Å². The van der Waals surface area contributed by atoms with Gasteiger partial charge in [-0.2, -0.15) is 0 Å². The standard InChI is InChI=1S/C13H17BrN2O3/c1-3-13(4-2,12(18)19)16-8-5-6-9(11(15)17)10(14)7-8/h5-7,16H,3-4H2,1-2H3,(H2,15,17)(H,18,19). The Balaban J connectivity index is 3.08. The molecule has 0 spiro atoms. The molecule has 1 aromatic carbocycles. The molecule has 0 bridgehead atoms. The summed E-state index contributed by atoms with van der Waals surface area (Å²) < 4.78 is 0.538. The summed E-state index contributed by atoms with van der Waals surface area (Å²) in [5.74, 6) is -1.43. The van der Waals surface area contributed by atoms with Crippen LogP contribution in [0.25, 0.3) is 0 Å². The predicted molar refractivity (Wildman–Crippen MR) is 77.2 cm³/mol. The van der Waals surface area contributed by atoms with Crippen LogP contribution in [0.3, 0.4) is 0 Å². The molecule has 5 nitrogen and oxygen atoms in total. The Labute approximate surface area is 120 Å². The van der Waals surface area contributed by atoms with Crippen molar-refractivity contribution in [3.05, 3.63) is 28.2 Å². The SMILES string of the molecule is CCC(CC)(Nc1ccc(C(N)=O)c(Br)c1)C(=O)O. The Morgan fingerprint density at radius 2 is 1.95 bits per heavy atom. The average molecular weight is 329 g/mol. The molecule has 6 heteroatoms. The molecule has 0 atom stereocenters. The molecule has 104 valence electrons. The van der Waals surface area contributed by atoms with Crippen molar-refractivity contribution in [3.8, 4) is 0 Å². The van der Waals surface area contributed by atoms with Gasteiger partial charge in [-0.05, 0) is 47.0 Å². The number of halogens is 1. The molecule has 4 N–H and O–H groups in total. The minimum atomic E-state index is -1.01. The molecule has 1 aromatic rings. The first-order valence-electron chi connectivity index (χ1n) is 5.97. The van der Waals surface area contributed by atoms with Crippen LogP contribution in [0.5, 0.6) is 0 Å². The number of hydrogen-bond donors (Lipinski definition) is 3. The fourth-order valence-corrected chi connectivity index (χ4v) is 2.43. The highest BCUT2D eigenvalue weighted by Crippen LogP contribution is 2.26. The molecular weight excluding hydrogens is 312 g/mol. The minimum Gasteiger partial charge on any atom is -0.480 e. The second-order valence-electron chi connectivity index (χ2n) is 4.28. The lowest BCUT2D eigenvalue weighted by atomic mass is 9.92. The second-order valence-corrected chi connectivity index (χ2v) is 5.13. The summed E-state index contributed by atoms with van der Waals surface area (Å²) in [4.78, 5) is 22.5. The number of nitrogens with two attached hydrogens (primary N) is 1. The fourth-order valence-electron chi connectivity index (χ4n) is 1.85. The van der Waals surface area contributed by atoms with E-state index in [0.29, 0.717) is 28.6 Å². The van der Waals surface area contributed by atoms with Crippen LogP contribution < -0.4 is 11.1 Å². The number of carboxylic acids is 1. The molecule has 0 aliphatic carbocycles. The van der Waals surface area contributed by atoms with E-state index in [1.54, 1.807) is 18.2 Å². The number of anilines is 1. The molecule has 0 saturated carbocycles. The second kappa shape index (κ2) is 6.06. The van der Waals surface area contributed by atoms with E-state index in [9.17, 15) is 14.7 Å². The first-order chi connectivity index (χ1) is 8.86. The van der Waals surface area contributed by atoms with Crippen molar-refractivity contribution < 1.29 is 14.7 Å². The molecular formula is C13H17BrN2O3. The lowest BCUT2D eigenvalue weighted by molar-refractivity contribution is -0.142. The van der Waals surface area contributed by atoms with Crippen molar-refractivity contribution in [1.29, 1.82) is 0 Å². The smallest absolute Gasteiger partial charge is 0.329 e. The largest absolute Gasteiger partial charge is 0.480 e. The fraction of sp³-hybridized carbons (Fsp3) is 0.385. The molecule has 0 aromatic heterocycles. The summed E-state index contributed by atoms with van der Waals surface area (Å²) >= 11 is 3.25. The maximum Gasteiger partial charge on any atom is 0.329 e. The number of amides is 1. The molecule has 0 fully saturated rings. The van der Waals surface area contributed by atoms with Gasteiger partial charge in [0.25, 0.3) is 0 Å². The van der Waals surface area contributed by atoms with Crippen LogP contribution in [0.4, 0.5) is 5.69 Å². The number of benzene rings is 1. The number of nitrogens with one attached hydrogen (secondary N) is 1. The molecule has 0 aliphatic heterocycles. The first-order valence-corrected chi connectivity index (χ1v) is 6.76. The summed E-state index contributed by atoms with van der Waals surface area (Å²) in [6.45, 7) is 3.63. The van der Waals surface area contributed by atoms with E-state index in [-0.39, 0.29) is 0 Å². The van der Waals surface area contributed by atoms with E-state index in [1.165, 1.54) is 0 Å². The van der Waals surface area contributed by atoms with Crippen LogP contribution in [0.15, 0.2) is 22.7 Å². The van der Waals surface area contributed by atoms with Crippen LogP contribution in [0.2, 0.25) is 0 Å². The number of carbonyl (C=O) groups excluding carboxylic acids is 1. The summed E-state index contributed by atoms with van der Waals surface area (Å²) in [7, 11) is 0. The summed E-state index contributed by atoms with van der Waals surface area (Å²) in [6.07, 6.45) is 0.905. The van der Waals surface area contributed by atoms with Gasteiger partial charge >= 0.3 is 5.97 Å². The highest BCUT2D eigenvalue weighted by atomic mass is 79.9. The average Bonchev–Trinajstić information content (AvgIpc) is 2.35. The molecule has 0 unspecified atom stereocenters. The van der Waals surface area contributed by atoms with E-state index >= 15 is 0 Å². The zero-order chi connectivity index (χ0) is 14.6. The number of primary amides is 1. The lowest BCUT2D eigenvalue weighted by Crippen LogP contribution is -2.45. The maximum atomic E-state index is 11.4. The summed E-state index contributed by atoms with van der Waals surface area (Å²) in [5.41, 5.74) is 5.19. The van der Waals surface area contributed by atoms with Gasteiger partial charge in [-0.3, -0.25) is 4.79 Å². The van der Waals surface area contributed by atoms with Crippen LogP contribution in [-0.2, 0) is 4.79 Å². The molecule has 0 heterocycles. The van der Waals surface area contributed by atoms with Gasteiger partial charge in [0.15, 0.2) is 0 Å². The number of rotatable bonds is 6. The Hall–Kier alpha value is -1.56. The van der Waals surface area contributed by atoms with E-state index in [0.717, 1.165) is 0 Å². The van der Waals surface area contributed by atoms with Crippen molar-refractivity contribution in [2.24, 2.45) is 5.73 Å². The zero-order valence-electron chi connectivity index (χ0n) is 10.9. The maximum absolute atomic E-state index is 11.4. The van der Waals surface area contributed by atoms with Crippen molar-refractivity contribution >= 4 is 33.5 Å². The third-order valence-electron chi connectivity index (χ3n) is 3.23. The van der Waals surface area contributed by atoms with Gasteiger partial charge in [-0.25, -0.2) is 4.79 Å². The van der Waals surface area contributed by atoms with Gasteiger partial charge in [0.2, 0.25) is 5.91 Å². The van der Waals surface area contributed by atoms with E-state index in [1.807, 2.05) is 13.8 Å². The lowest BCUT2D eigenvalue weighted by Gasteiger charge is -2.29. The highest BCUT2D eigenvalue weighted by molar-refractivity contribution is 9.10. The molecule has 0 radical (unpaired) electrons. The Kier molecular flexibility index (Phi) is 4.94. The number of aliphatic carboxylic acids is 1. The number of carbonyl (C=O) groups is 2. The van der Waals surface area contributed by atoms with Gasteiger partial charge in [-0.15, -0.1) is 0 Å². The Bertz CT molecular complexity index is 499. The van der Waals surface area contributed by atoms with Gasteiger partial charge in [0.1, 0.15) is 5.54 Å². The minimum absolute atomic E-state index is 0.361. The summed E-state index contributed by atoms with van der Waals surface area (Å²) in [6, 6.07) is 4.86. The van der Waals surface area contributed by atoms with Gasteiger partial charge < -0.3 is 16.2 Å². The van der Waals surface area contributed by atoms with Gasteiger partial charge in [0, 0.05) is 10.2 Å². The molecule has 1 rings (SSSR count). The molecule has 19 heavy (non-hydrogen) atoms. The van der Waals surface area contributed by atoms with Crippen molar-refractivity contribution in [3.63, 3.8) is 0 Å². The normalized spacial score (nSPS) is 11.1. The number of hydrogen-bond acceptors (Lipinski definition) is 3. The van der Waals surface area contributed by atoms with Crippen molar-refractivity contribution in [2.75, 3.05) is 5.32 Å². The van der Waals surface area contributed by atoms with E-state index in [4.69, 9.17) is 5.73 Å². The summed E-state index contributed by atoms with van der Waals surface area (Å²) in [5, 5.41) is 12.4. The highest BCUT2D eigenvalue weighted by Gasteiger charge is 2.34. The van der Waals surface area contributed by atoms with Crippen LogP contribution >= 0.6 is 15.9 Å². The van der Waals surface area contributed by atoms with Crippen molar-refractivity contribution in [1.82, 2.24) is 0 Å². The van der Waals surface area contributed by atoms with Gasteiger partial charge in [0.05, 0.1) is 5.56 Å².